The maximum absolute atomic E-state index is 10.5. The predicted octanol–water partition coefficient (Wildman–Crippen LogP) is 1.90. The van der Waals surface area contributed by atoms with Crippen LogP contribution in [-0.4, -0.2) is 17.2 Å². The Morgan fingerprint density at radius 1 is 1.69 bits per heavy atom. The minimum atomic E-state index is -0.987. The molecule has 0 aliphatic carbocycles. The zero-order chi connectivity index (χ0) is 9.84. The van der Waals surface area contributed by atoms with E-state index in [2.05, 4.69) is 0 Å². The number of carbonyl (C=O) groups is 1. The third-order valence-corrected chi connectivity index (χ3v) is 1.46. The van der Waals surface area contributed by atoms with Crippen molar-refractivity contribution in [2.24, 2.45) is 0 Å². The lowest BCUT2D eigenvalue weighted by Crippen LogP contribution is -2.01. The zero-order valence-corrected chi connectivity index (χ0v) is 7.61. The Bertz CT molecular complexity index is 288. The van der Waals surface area contributed by atoms with Crippen LogP contribution in [0.3, 0.4) is 0 Å². The second kappa shape index (κ2) is 4.09. The summed E-state index contributed by atoms with van der Waals surface area (Å²) in [6.45, 7) is 4.12. The smallest absolute Gasteiger partial charge is 0.338 e. The van der Waals surface area contributed by atoms with Crippen molar-refractivity contribution in [1.82, 2.24) is 0 Å². The van der Waals surface area contributed by atoms with E-state index in [4.69, 9.17) is 14.3 Å². The number of furan rings is 1. The van der Waals surface area contributed by atoms with Crippen LogP contribution in [0.1, 0.15) is 30.0 Å². The molecule has 72 valence electrons. The monoisotopic (exact) mass is 184 g/mol. The van der Waals surface area contributed by atoms with Crippen LogP contribution in [0, 0.1) is 0 Å². The van der Waals surface area contributed by atoms with Gasteiger partial charge in [0.05, 0.1) is 11.7 Å². The van der Waals surface area contributed by atoms with Gasteiger partial charge in [0.25, 0.3) is 0 Å². The molecule has 0 fully saturated rings. The fourth-order valence-electron chi connectivity index (χ4n) is 0.817. The molecule has 0 radical (unpaired) electrons. The van der Waals surface area contributed by atoms with Crippen LogP contribution in [-0.2, 0) is 11.3 Å². The molecule has 1 heterocycles. The summed E-state index contributed by atoms with van der Waals surface area (Å²) in [5, 5.41) is 8.57. The SMILES string of the molecule is CC(C)OCc1cc(C(=O)O)co1. The largest absolute Gasteiger partial charge is 0.478 e. The Hall–Kier alpha value is -1.29. The van der Waals surface area contributed by atoms with Gasteiger partial charge in [-0.05, 0) is 19.9 Å². The van der Waals surface area contributed by atoms with E-state index in [1.807, 2.05) is 13.8 Å². The maximum Gasteiger partial charge on any atom is 0.338 e. The van der Waals surface area contributed by atoms with E-state index in [0.717, 1.165) is 0 Å². The highest BCUT2D eigenvalue weighted by Crippen LogP contribution is 2.09. The first-order valence-corrected chi connectivity index (χ1v) is 4.02. The molecule has 1 aromatic rings. The molecule has 4 heteroatoms. The molecule has 0 saturated heterocycles. The Labute approximate surface area is 76.1 Å². The molecular weight excluding hydrogens is 172 g/mol. The molecule has 13 heavy (non-hydrogen) atoms. The Balaban J connectivity index is 2.54. The van der Waals surface area contributed by atoms with Gasteiger partial charge in [-0.2, -0.15) is 0 Å². The van der Waals surface area contributed by atoms with Gasteiger partial charge in [-0.25, -0.2) is 4.79 Å². The van der Waals surface area contributed by atoms with Crippen molar-refractivity contribution < 1.29 is 19.1 Å². The number of aromatic carboxylic acids is 1. The number of hydrogen-bond donors (Lipinski definition) is 1. The lowest BCUT2D eigenvalue weighted by atomic mass is 10.3. The molecule has 0 aromatic carbocycles. The quantitative estimate of drug-likeness (QED) is 0.776. The van der Waals surface area contributed by atoms with E-state index in [0.29, 0.717) is 12.4 Å². The molecular formula is C9H12O4. The summed E-state index contributed by atoms with van der Waals surface area (Å²) in [4.78, 5) is 10.5. The fourth-order valence-corrected chi connectivity index (χ4v) is 0.817. The van der Waals surface area contributed by atoms with Crippen molar-refractivity contribution in [3.63, 3.8) is 0 Å². The molecule has 0 aliphatic heterocycles. The van der Waals surface area contributed by atoms with Crippen LogP contribution in [0.25, 0.3) is 0 Å². The predicted molar refractivity (Wildman–Crippen MR) is 45.6 cm³/mol. The van der Waals surface area contributed by atoms with Crippen molar-refractivity contribution in [3.05, 3.63) is 23.7 Å². The summed E-state index contributed by atoms with van der Waals surface area (Å²) in [6, 6.07) is 1.46. The van der Waals surface area contributed by atoms with Gasteiger partial charge >= 0.3 is 5.97 Å². The molecule has 0 atom stereocenters. The third kappa shape index (κ3) is 2.91. The van der Waals surface area contributed by atoms with E-state index >= 15 is 0 Å². The molecule has 0 unspecified atom stereocenters. The molecule has 0 saturated carbocycles. The summed E-state index contributed by atoms with van der Waals surface area (Å²) >= 11 is 0. The number of carboxylic acid groups (broad SMARTS) is 1. The van der Waals surface area contributed by atoms with Gasteiger partial charge in [-0.3, -0.25) is 0 Å². The van der Waals surface area contributed by atoms with Gasteiger partial charge in [0, 0.05) is 0 Å². The van der Waals surface area contributed by atoms with Crippen LogP contribution in [0.2, 0.25) is 0 Å². The highest BCUT2D eigenvalue weighted by atomic mass is 16.5. The number of carboxylic acids is 1. The summed E-state index contributed by atoms with van der Waals surface area (Å²) in [6.07, 6.45) is 1.32. The van der Waals surface area contributed by atoms with E-state index in [9.17, 15) is 4.79 Å². The average molecular weight is 184 g/mol. The first kappa shape index (κ1) is 9.80. The van der Waals surface area contributed by atoms with E-state index < -0.39 is 5.97 Å². The maximum atomic E-state index is 10.5. The van der Waals surface area contributed by atoms with Crippen LogP contribution < -0.4 is 0 Å². The van der Waals surface area contributed by atoms with Gasteiger partial charge in [0.2, 0.25) is 0 Å². The standard InChI is InChI=1S/C9H12O4/c1-6(2)12-5-8-3-7(4-13-8)9(10)11/h3-4,6H,5H2,1-2H3,(H,10,11). The number of rotatable bonds is 4. The molecule has 1 rings (SSSR count). The summed E-state index contributed by atoms with van der Waals surface area (Å²) in [7, 11) is 0. The Morgan fingerprint density at radius 2 is 2.38 bits per heavy atom. The van der Waals surface area contributed by atoms with Gasteiger partial charge in [0.15, 0.2) is 0 Å². The van der Waals surface area contributed by atoms with Crippen molar-refractivity contribution in [3.8, 4) is 0 Å². The zero-order valence-electron chi connectivity index (χ0n) is 7.61. The molecule has 0 aliphatic rings. The van der Waals surface area contributed by atoms with Gasteiger partial charge in [-0.15, -0.1) is 0 Å². The van der Waals surface area contributed by atoms with Crippen LogP contribution in [0.5, 0.6) is 0 Å². The molecule has 1 aromatic heterocycles. The second-order valence-corrected chi connectivity index (χ2v) is 2.97. The second-order valence-electron chi connectivity index (χ2n) is 2.97. The minimum Gasteiger partial charge on any atom is -0.478 e. The van der Waals surface area contributed by atoms with Gasteiger partial charge < -0.3 is 14.3 Å². The molecule has 4 nitrogen and oxygen atoms in total. The lowest BCUT2D eigenvalue weighted by Gasteiger charge is -2.03. The third-order valence-electron chi connectivity index (χ3n) is 1.46. The van der Waals surface area contributed by atoms with Crippen LogP contribution >= 0.6 is 0 Å². The van der Waals surface area contributed by atoms with E-state index in [1.165, 1.54) is 12.3 Å². The molecule has 0 amide bonds. The van der Waals surface area contributed by atoms with E-state index in [1.54, 1.807) is 0 Å². The van der Waals surface area contributed by atoms with Crippen LogP contribution in [0.15, 0.2) is 16.7 Å². The van der Waals surface area contributed by atoms with Gasteiger partial charge in [0.1, 0.15) is 18.6 Å². The van der Waals surface area contributed by atoms with Crippen molar-refractivity contribution in [1.29, 1.82) is 0 Å². The minimum absolute atomic E-state index is 0.110. The van der Waals surface area contributed by atoms with E-state index in [-0.39, 0.29) is 11.7 Å². The number of ether oxygens (including phenoxy) is 1. The first-order valence-electron chi connectivity index (χ1n) is 4.02. The normalized spacial score (nSPS) is 10.7. The first-order chi connectivity index (χ1) is 6.09. The lowest BCUT2D eigenvalue weighted by molar-refractivity contribution is 0.0545. The molecule has 1 N–H and O–H groups in total. The summed E-state index contributed by atoms with van der Waals surface area (Å²) in [5.41, 5.74) is 0.155. The Morgan fingerprint density at radius 3 is 2.85 bits per heavy atom. The summed E-state index contributed by atoms with van der Waals surface area (Å²) in [5.74, 6) is -0.453. The van der Waals surface area contributed by atoms with Crippen molar-refractivity contribution in [2.45, 2.75) is 26.6 Å². The number of hydrogen-bond acceptors (Lipinski definition) is 3. The average Bonchev–Trinajstić information content (AvgIpc) is 2.48. The topological polar surface area (TPSA) is 59.7 Å². The molecule has 0 spiro atoms. The highest BCUT2D eigenvalue weighted by molar-refractivity contribution is 5.87. The van der Waals surface area contributed by atoms with Crippen molar-refractivity contribution in [2.75, 3.05) is 0 Å². The van der Waals surface area contributed by atoms with Crippen molar-refractivity contribution >= 4 is 5.97 Å². The molecule has 0 bridgehead atoms. The Kier molecular flexibility index (Phi) is 3.08. The highest BCUT2D eigenvalue weighted by Gasteiger charge is 2.08. The van der Waals surface area contributed by atoms with Crippen LogP contribution in [0.4, 0.5) is 0 Å². The fraction of sp³-hybridized carbons (Fsp3) is 0.444. The summed E-state index contributed by atoms with van der Waals surface area (Å²) < 4.78 is 10.2. The van der Waals surface area contributed by atoms with Gasteiger partial charge in [-0.1, -0.05) is 0 Å².